The Labute approximate surface area is 154 Å². The molecule has 0 bridgehead atoms. The van der Waals surface area contributed by atoms with Crippen molar-refractivity contribution >= 4 is 33.5 Å². The number of rotatable bonds is 3. The maximum Gasteiger partial charge on any atom is 0.340 e. The van der Waals surface area contributed by atoms with Crippen LogP contribution in [0.15, 0.2) is 59.2 Å². The number of hydrogen-bond acceptors (Lipinski definition) is 2. The molecule has 0 saturated carbocycles. The third-order valence-corrected chi connectivity index (χ3v) is 4.68. The Morgan fingerprint density at radius 2 is 1.71 bits per heavy atom. The quantitative estimate of drug-likeness (QED) is 0.528. The number of esters is 1. The second-order valence-electron chi connectivity index (χ2n) is 5.35. The number of nitrogens with zero attached hydrogens (tertiary/aromatic N) is 1. The first kappa shape index (κ1) is 16.8. The summed E-state index contributed by atoms with van der Waals surface area (Å²) in [4.78, 5) is 12.3. The number of aromatic nitrogens is 1. The van der Waals surface area contributed by atoms with E-state index in [0.717, 1.165) is 27.0 Å². The van der Waals surface area contributed by atoms with Crippen LogP contribution in [0.25, 0.3) is 16.8 Å². The third-order valence-electron chi connectivity index (χ3n) is 3.90. The van der Waals surface area contributed by atoms with Crippen LogP contribution in [0.2, 0.25) is 5.02 Å². The molecule has 0 atom stereocenters. The minimum atomic E-state index is -0.353. The Balaban J connectivity index is 2.20. The van der Waals surface area contributed by atoms with Gasteiger partial charge >= 0.3 is 5.97 Å². The van der Waals surface area contributed by atoms with Crippen LogP contribution in [-0.2, 0) is 4.74 Å². The van der Waals surface area contributed by atoms with Crippen LogP contribution in [0.1, 0.15) is 16.1 Å². The van der Waals surface area contributed by atoms with E-state index in [1.165, 1.54) is 7.11 Å². The first-order chi connectivity index (χ1) is 11.5. The monoisotopic (exact) mass is 403 g/mol. The fraction of sp³-hybridized carbons (Fsp3) is 0.105. The van der Waals surface area contributed by atoms with Crippen molar-refractivity contribution in [3.63, 3.8) is 0 Å². The average molecular weight is 405 g/mol. The van der Waals surface area contributed by atoms with Crippen molar-refractivity contribution in [2.45, 2.75) is 6.92 Å². The van der Waals surface area contributed by atoms with Gasteiger partial charge in [0.2, 0.25) is 0 Å². The maximum absolute atomic E-state index is 12.3. The van der Waals surface area contributed by atoms with Crippen LogP contribution in [0.4, 0.5) is 0 Å². The Hall–Kier alpha value is -2.04. The first-order valence-corrected chi connectivity index (χ1v) is 8.50. The second kappa shape index (κ2) is 6.83. The molecule has 0 amide bonds. The normalized spacial score (nSPS) is 10.7. The molecule has 0 fully saturated rings. The van der Waals surface area contributed by atoms with Gasteiger partial charge in [-0.15, -0.1) is 0 Å². The zero-order valence-corrected chi connectivity index (χ0v) is 15.6. The minimum absolute atomic E-state index is 0.353. The van der Waals surface area contributed by atoms with E-state index < -0.39 is 0 Å². The van der Waals surface area contributed by atoms with Gasteiger partial charge in [0.25, 0.3) is 0 Å². The van der Waals surface area contributed by atoms with E-state index in [1.54, 1.807) is 0 Å². The Morgan fingerprint density at radius 3 is 2.29 bits per heavy atom. The van der Waals surface area contributed by atoms with Gasteiger partial charge in [-0.3, -0.25) is 0 Å². The maximum atomic E-state index is 12.3. The van der Waals surface area contributed by atoms with Gasteiger partial charge < -0.3 is 9.30 Å². The molecule has 0 aliphatic carbocycles. The van der Waals surface area contributed by atoms with Crippen molar-refractivity contribution < 1.29 is 9.53 Å². The predicted octanol–water partition coefficient (Wildman–Crippen LogP) is 5.66. The van der Waals surface area contributed by atoms with Gasteiger partial charge in [0.15, 0.2) is 0 Å². The summed E-state index contributed by atoms with van der Waals surface area (Å²) in [5, 5.41) is 0.655. The van der Waals surface area contributed by atoms with Crippen LogP contribution >= 0.6 is 27.5 Å². The number of carbonyl (C=O) groups is 1. The first-order valence-electron chi connectivity index (χ1n) is 7.33. The van der Waals surface area contributed by atoms with Crippen molar-refractivity contribution in [1.82, 2.24) is 4.57 Å². The second-order valence-corrected chi connectivity index (χ2v) is 6.70. The van der Waals surface area contributed by atoms with E-state index in [1.807, 2.05) is 66.2 Å². The third kappa shape index (κ3) is 3.12. The molecule has 3 aromatic rings. The molecule has 5 heteroatoms. The lowest BCUT2D eigenvalue weighted by atomic mass is 10.0. The highest BCUT2D eigenvalue weighted by Gasteiger charge is 2.21. The van der Waals surface area contributed by atoms with Crippen molar-refractivity contribution in [2.75, 3.05) is 7.11 Å². The standard InChI is InChI=1S/C19H15BrClNO2/c1-12-18(19(23)24-2)17(13-3-7-15(21)8-4-13)11-22(12)16-9-5-14(20)6-10-16/h3-11H,1-2H3. The molecule has 0 aliphatic rings. The zero-order chi connectivity index (χ0) is 17.3. The average Bonchev–Trinajstić information content (AvgIpc) is 2.93. The molecule has 2 aromatic carbocycles. The molecule has 3 nitrogen and oxygen atoms in total. The summed E-state index contributed by atoms with van der Waals surface area (Å²) in [7, 11) is 1.39. The summed E-state index contributed by atoms with van der Waals surface area (Å²) in [6.07, 6.45) is 1.95. The number of methoxy groups -OCH3 is 1. The van der Waals surface area contributed by atoms with E-state index in [9.17, 15) is 4.79 Å². The van der Waals surface area contributed by atoms with Crippen LogP contribution < -0.4 is 0 Å². The summed E-state index contributed by atoms with van der Waals surface area (Å²) >= 11 is 9.41. The molecule has 122 valence electrons. The Kier molecular flexibility index (Phi) is 4.78. The van der Waals surface area contributed by atoms with E-state index in [0.29, 0.717) is 10.6 Å². The zero-order valence-electron chi connectivity index (χ0n) is 13.2. The number of benzene rings is 2. The van der Waals surface area contributed by atoms with E-state index in [-0.39, 0.29) is 5.97 Å². The topological polar surface area (TPSA) is 31.2 Å². The molecule has 0 N–H and O–H groups in total. The summed E-state index contributed by atoms with van der Waals surface area (Å²) in [6, 6.07) is 15.3. The number of hydrogen-bond donors (Lipinski definition) is 0. The molecule has 24 heavy (non-hydrogen) atoms. The van der Waals surface area contributed by atoms with Crippen molar-refractivity contribution in [2.24, 2.45) is 0 Å². The van der Waals surface area contributed by atoms with Gasteiger partial charge in [0.1, 0.15) is 0 Å². The fourth-order valence-electron chi connectivity index (χ4n) is 2.68. The molecule has 0 saturated heterocycles. The summed E-state index contributed by atoms with van der Waals surface area (Å²) in [5.74, 6) is -0.353. The molecule has 1 aromatic heterocycles. The number of halogens is 2. The highest BCUT2D eigenvalue weighted by molar-refractivity contribution is 9.10. The lowest BCUT2D eigenvalue weighted by molar-refractivity contribution is 0.0601. The lowest BCUT2D eigenvalue weighted by Gasteiger charge is -2.07. The summed E-state index contributed by atoms with van der Waals surface area (Å²) < 4.78 is 7.98. The highest BCUT2D eigenvalue weighted by atomic mass is 79.9. The smallest absolute Gasteiger partial charge is 0.340 e. The minimum Gasteiger partial charge on any atom is -0.465 e. The number of ether oxygens (including phenoxy) is 1. The summed E-state index contributed by atoms with van der Waals surface area (Å²) in [6.45, 7) is 1.91. The molecule has 0 spiro atoms. The van der Waals surface area contributed by atoms with Crippen molar-refractivity contribution in [3.8, 4) is 16.8 Å². The van der Waals surface area contributed by atoms with Gasteiger partial charge in [-0.25, -0.2) is 4.79 Å². The molecule has 1 heterocycles. The van der Waals surface area contributed by atoms with Crippen molar-refractivity contribution in [1.29, 1.82) is 0 Å². The van der Waals surface area contributed by atoms with Crippen LogP contribution in [0.3, 0.4) is 0 Å². The Bertz CT molecular complexity index is 883. The number of carbonyl (C=O) groups excluding carboxylic acids is 1. The Morgan fingerprint density at radius 1 is 1.08 bits per heavy atom. The molecule has 0 aliphatic heterocycles. The largest absolute Gasteiger partial charge is 0.465 e. The fourth-order valence-corrected chi connectivity index (χ4v) is 3.07. The SMILES string of the molecule is COC(=O)c1c(-c2ccc(Cl)cc2)cn(-c2ccc(Br)cc2)c1C. The lowest BCUT2D eigenvalue weighted by Crippen LogP contribution is -2.05. The van der Waals surface area contributed by atoms with Gasteiger partial charge in [-0.1, -0.05) is 39.7 Å². The van der Waals surface area contributed by atoms with E-state index >= 15 is 0 Å². The molecule has 0 unspecified atom stereocenters. The van der Waals surface area contributed by atoms with Gasteiger partial charge in [-0.05, 0) is 48.9 Å². The van der Waals surface area contributed by atoms with Crippen LogP contribution in [-0.4, -0.2) is 17.6 Å². The molecular weight excluding hydrogens is 390 g/mol. The molecule has 3 rings (SSSR count). The van der Waals surface area contributed by atoms with Gasteiger partial charge in [-0.2, -0.15) is 0 Å². The van der Waals surface area contributed by atoms with Gasteiger partial charge in [0.05, 0.1) is 12.7 Å². The van der Waals surface area contributed by atoms with Crippen molar-refractivity contribution in [3.05, 3.63) is 75.5 Å². The summed E-state index contributed by atoms with van der Waals surface area (Å²) in [5.41, 5.74) is 4.09. The highest BCUT2D eigenvalue weighted by Crippen LogP contribution is 2.31. The van der Waals surface area contributed by atoms with Crippen LogP contribution in [0, 0.1) is 6.92 Å². The molecule has 0 radical (unpaired) electrons. The van der Waals surface area contributed by atoms with Gasteiger partial charge in [0, 0.05) is 32.6 Å². The molecular formula is C19H15BrClNO2. The van der Waals surface area contributed by atoms with E-state index in [2.05, 4.69) is 15.9 Å². The van der Waals surface area contributed by atoms with E-state index in [4.69, 9.17) is 16.3 Å². The van der Waals surface area contributed by atoms with Crippen LogP contribution in [0.5, 0.6) is 0 Å². The predicted molar refractivity (Wildman–Crippen MR) is 100.0 cm³/mol.